The fourth-order valence-electron chi connectivity index (χ4n) is 3.02. The zero-order valence-corrected chi connectivity index (χ0v) is 15.8. The number of hydrogen-bond acceptors (Lipinski definition) is 3. The summed E-state index contributed by atoms with van der Waals surface area (Å²) < 4.78 is 5.79. The third-order valence-corrected chi connectivity index (χ3v) is 4.51. The normalized spacial score (nSPS) is 16.4. The van der Waals surface area contributed by atoms with Crippen molar-refractivity contribution in [2.75, 3.05) is 13.1 Å². The zero-order valence-electron chi connectivity index (χ0n) is 14.9. The monoisotopic (exact) mass is 374 g/mol. The van der Waals surface area contributed by atoms with Crippen LogP contribution in [0.25, 0.3) is 0 Å². The SMILES string of the molecule is Cl.O=C(NCCc1ccc(OCc2ccccc2)cc1)[C@H]1CCCCN1. The maximum absolute atomic E-state index is 12.1. The number of rotatable bonds is 7. The molecule has 1 amide bonds. The van der Waals surface area contributed by atoms with Gasteiger partial charge in [0.2, 0.25) is 5.91 Å². The molecule has 1 saturated heterocycles. The van der Waals surface area contributed by atoms with Crippen LogP contribution in [0.5, 0.6) is 5.75 Å². The van der Waals surface area contributed by atoms with E-state index in [9.17, 15) is 4.79 Å². The van der Waals surface area contributed by atoms with Gasteiger partial charge in [-0.05, 0) is 49.1 Å². The molecule has 1 aliphatic rings. The maximum atomic E-state index is 12.1. The lowest BCUT2D eigenvalue weighted by Gasteiger charge is -2.22. The van der Waals surface area contributed by atoms with Crippen LogP contribution in [0.3, 0.4) is 0 Å². The minimum atomic E-state index is -0.0116. The van der Waals surface area contributed by atoms with Crippen molar-refractivity contribution in [3.8, 4) is 5.75 Å². The summed E-state index contributed by atoms with van der Waals surface area (Å²) in [5.74, 6) is 0.991. The molecule has 26 heavy (non-hydrogen) atoms. The maximum Gasteiger partial charge on any atom is 0.237 e. The smallest absolute Gasteiger partial charge is 0.237 e. The van der Waals surface area contributed by atoms with Crippen LogP contribution in [0.15, 0.2) is 54.6 Å². The summed E-state index contributed by atoms with van der Waals surface area (Å²) in [7, 11) is 0. The van der Waals surface area contributed by atoms with Gasteiger partial charge in [-0.15, -0.1) is 12.4 Å². The highest BCUT2D eigenvalue weighted by molar-refractivity contribution is 5.85. The van der Waals surface area contributed by atoms with Crippen LogP contribution >= 0.6 is 12.4 Å². The first-order chi connectivity index (χ1) is 12.3. The lowest BCUT2D eigenvalue weighted by molar-refractivity contribution is -0.123. The fourth-order valence-corrected chi connectivity index (χ4v) is 3.02. The number of hydrogen-bond donors (Lipinski definition) is 2. The molecule has 3 rings (SSSR count). The van der Waals surface area contributed by atoms with Crippen LogP contribution in [0.2, 0.25) is 0 Å². The molecule has 0 aliphatic carbocycles. The molecule has 1 fully saturated rings. The van der Waals surface area contributed by atoms with Gasteiger partial charge < -0.3 is 15.4 Å². The van der Waals surface area contributed by atoms with E-state index in [1.165, 1.54) is 12.0 Å². The minimum absolute atomic E-state index is 0. The summed E-state index contributed by atoms with van der Waals surface area (Å²) in [5, 5.41) is 6.30. The number of benzene rings is 2. The van der Waals surface area contributed by atoms with Crippen LogP contribution in [0, 0.1) is 0 Å². The van der Waals surface area contributed by atoms with Gasteiger partial charge in [-0.3, -0.25) is 4.79 Å². The zero-order chi connectivity index (χ0) is 17.3. The topological polar surface area (TPSA) is 50.4 Å². The van der Waals surface area contributed by atoms with E-state index in [-0.39, 0.29) is 24.4 Å². The Bertz CT molecular complexity index is 655. The molecule has 140 valence electrons. The summed E-state index contributed by atoms with van der Waals surface area (Å²) in [4.78, 5) is 12.1. The predicted molar refractivity (Wildman–Crippen MR) is 107 cm³/mol. The lowest BCUT2D eigenvalue weighted by Crippen LogP contribution is -2.47. The van der Waals surface area contributed by atoms with Gasteiger partial charge in [-0.2, -0.15) is 0 Å². The summed E-state index contributed by atoms with van der Waals surface area (Å²) in [6.45, 7) is 2.19. The third-order valence-electron chi connectivity index (χ3n) is 4.51. The first-order valence-corrected chi connectivity index (χ1v) is 9.08. The van der Waals surface area contributed by atoms with Gasteiger partial charge in [0.05, 0.1) is 6.04 Å². The molecule has 0 radical (unpaired) electrons. The van der Waals surface area contributed by atoms with Crippen molar-refractivity contribution in [2.24, 2.45) is 0 Å². The average Bonchev–Trinajstić information content (AvgIpc) is 2.69. The molecule has 2 aromatic carbocycles. The second kappa shape index (κ2) is 10.8. The van der Waals surface area contributed by atoms with Crippen molar-refractivity contribution < 1.29 is 9.53 Å². The summed E-state index contributed by atoms with van der Waals surface area (Å²) >= 11 is 0. The molecule has 1 heterocycles. The van der Waals surface area contributed by atoms with Crippen LogP contribution in [0.4, 0.5) is 0 Å². The number of carbonyl (C=O) groups excluding carboxylic acids is 1. The van der Waals surface area contributed by atoms with E-state index in [1.807, 2.05) is 30.3 Å². The van der Waals surface area contributed by atoms with Crippen molar-refractivity contribution in [1.29, 1.82) is 0 Å². The van der Waals surface area contributed by atoms with Crippen LogP contribution in [-0.2, 0) is 17.8 Å². The quantitative estimate of drug-likeness (QED) is 0.780. The number of ether oxygens (including phenoxy) is 1. The van der Waals surface area contributed by atoms with E-state index < -0.39 is 0 Å². The Morgan fingerprint density at radius 1 is 1.04 bits per heavy atom. The Hall–Kier alpha value is -2.04. The number of piperidine rings is 1. The Labute approximate surface area is 161 Å². The van der Waals surface area contributed by atoms with E-state index in [2.05, 4.69) is 34.9 Å². The highest BCUT2D eigenvalue weighted by Gasteiger charge is 2.19. The van der Waals surface area contributed by atoms with Gasteiger partial charge in [0.1, 0.15) is 12.4 Å². The van der Waals surface area contributed by atoms with Gasteiger partial charge in [0.15, 0.2) is 0 Å². The molecule has 0 aromatic heterocycles. The van der Waals surface area contributed by atoms with Gasteiger partial charge >= 0.3 is 0 Å². The molecule has 1 aliphatic heterocycles. The van der Waals surface area contributed by atoms with E-state index in [0.717, 1.165) is 37.1 Å². The highest BCUT2D eigenvalue weighted by atomic mass is 35.5. The summed E-state index contributed by atoms with van der Waals surface area (Å²) in [6.07, 6.45) is 4.08. The highest BCUT2D eigenvalue weighted by Crippen LogP contribution is 2.14. The average molecular weight is 375 g/mol. The minimum Gasteiger partial charge on any atom is -0.489 e. The van der Waals surface area contributed by atoms with Gasteiger partial charge in [-0.1, -0.05) is 48.9 Å². The molecule has 4 nitrogen and oxygen atoms in total. The molecule has 5 heteroatoms. The standard InChI is InChI=1S/C21H26N2O2.ClH/c24-21(20-8-4-5-14-22-20)23-15-13-17-9-11-19(12-10-17)25-16-18-6-2-1-3-7-18;/h1-3,6-7,9-12,20,22H,4-5,8,13-16H2,(H,23,24);1H/t20-;/m1./s1. The molecular weight excluding hydrogens is 348 g/mol. The molecule has 0 unspecified atom stereocenters. The number of halogens is 1. The molecule has 2 aromatic rings. The molecular formula is C21H27ClN2O2. The Balaban J connectivity index is 0.00000243. The van der Waals surface area contributed by atoms with Crippen molar-refractivity contribution in [1.82, 2.24) is 10.6 Å². The largest absolute Gasteiger partial charge is 0.489 e. The third kappa shape index (κ3) is 6.36. The summed E-state index contributed by atoms with van der Waals surface area (Å²) in [6, 6.07) is 18.2. The Morgan fingerprint density at radius 3 is 2.50 bits per heavy atom. The van der Waals surface area contributed by atoms with Crippen molar-refractivity contribution in [2.45, 2.75) is 38.3 Å². The van der Waals surface area contributed by atoms with E-state index in [1.54, 1.807) is 0 Å². The second-order valence-electron chi connectivity index (χ2n) is 6.46. The van der Waals surface area contributed by atoms with E-state index in [0.29, 0.717) is 13.2 Å². The molecule has 0 bridgehead atoms. The number of carbonyl (C=O) groups is 1. The Kier molecular flexibility index (Phi) is 8.45. The van der Waals surface area contributed by atoms with Gasteiger partial charge in [0, 0.05) is 6.54 Å². The number of nitrogens with one attached hydrogen (secondary N) is 2. The first kappa shape index (κ1) is 20.3. The first-order valence-electron chi connectivity index (χ1n) is 9.08. The molecule has 0 saturated carbocycles. The van der Waals surface area contributed by atoms with Crippen molar-refractivity contribution in [3.05, 3.63) is 65.7 Å². The summed E-state index contributed by atoms with van der Waals surface area (Å²) in [5.41, 5.74) is 2.36. The Morgan fingerprint density at radius 2 is 1.81 bits per heavy atom. The van der Waals surface area contributed by atoms with Crippen LogP contribution in [-0.4, -0.2) is 25.0 Å². The molecule has 1 atom stereocenters. The van der Waals surface area contributed by atoms with Crippen LogP contribution < -0.4 is 15.4 Å². The predicted octanol–water partition coefficient (Wildman–Crippen LogP) is 3.49. The second-order valence-corrected chi connectivity index (χ2v) is 6.46. The van der Waals surface area contributed by atoms with E-state index in [4.69, 9.17) is 4.74 Å². The lowest BCUT2D eigenvalue weighted by atomic mass is 10.0. The molecule has 2 N–H and O–H groups in total. The van der Waals surface area contributed by atoms with Crippen molar-refractivity contribution in [3.63, 3.8) is 0 Å². The van der Waals surface area contributed by atoms with Gasteiger partial charge in [0.25, 0.3) is 0 Å². The van der Waals surface area contributed by atoms with E-state index >= 15 is 0 Å². The molecule has 0 spiro atoms. The van der Waals surface area contributed by atoms with Crippen LogP contribution in [0.1, 0.15) is 30.4 Å². The van der Waals surface area contributed by atoms with Gasteiger partial charge in [-0.25, -0.2) is 0 Å². The number of amides is 1. The fraction of sp³-hybridized carbons (Fsp3) is 0.381. The van der Waals surface area contributed by atoms with Crippen molar-refractivity contribution >= 4 is 18.3 Å².